The van der Waals surface area contributed by atoms with Crippen molar-refractivity contribution in [3.05, 3.63) is 10.0 Å². The molecule has 0 spiro atoms. The highest BCUT2D eigenvalue weighted by atomic mass is 35.5. The van der Waals surface area contributed by atoms with Crippen LogP contribution in [0.15, 0.2) is 0 Å². The predicted octanol–water partition coefficient (Wildman–Crippen LogP) is 3.38. The van der Waals surface area contributed by atoms with Crippen LogP contribution in [0.4, 0.5) is 5.13 Å². The number of rotatable bonds is 4. The largest absolute Gasteiger partial charge is 0.351 e. The number of nitrogens with zero attached hydrogens (tertiary/aromatic N) is 2. The molecule has 0 saturated carbocycles. The van der Waals surface area contributed by atoms with E-state index in [0.29, 0.717) is 11.0 Å². The van der Waals surface area contributed by atoms with Crippen LogP contribution in [0.5, 0.6) is 0 Å². The van der Waals surface area contributed by atoms with Crippen LogP contribution in [0.2, 0.25) is 5.15 Å². The molecule has 0 atom stereocenters. The zero-order chi connectivity index (χ0) is 9.84. The lowest BCUT2D eigenvalue weighted by Gasteiger charge is -2.13. The van der Waals surface area contributed by atoms with Gasteiger partial charge in [-0.3, -0.25) is 0 Å². The van der Waals surface area contributed by atoms with Crippen molar-refractivity contribution in [1.82, 2.24) is 4.98 Å². The molecule has 1 rings (SSSR count). The van der Waals surface area contributed by atoms with Gasteiger partial charge in [-0.15, -0.1) is 11.6 Å². The van der Waals surface area contributed by atoms with Gasteiger partial charge in [0.05, 0.1) is 10.8 Å². The third kappa shape index (κ3) is 2.73. The maximum Gasteiger partial charge on any atom is 0.186 e. The van der Waals surface area contributed by atoms with E-state index in [-0.39, 0.29) is 0 Å². The summed E-state index contributed by atoms with van der Waals surface area (Å²) in [5, 5.41) is 1.49. The normalized spacial score (nSPS) is 10.5. The first-order valence-electron chi connectivity index (χ1n) is 4.11. The van der Waals surface area contributed by atoms with Gasteiger partial charge in [0, 0.05) is 13.6 Å². The fourth-order valence-electron chi connectivity index (χ4n) is 0.998. The van der Waals surface area contributed by atoms with Gasteiger partial charge in [0.2, 0.25) is 0 Å². The molecule has 0 aliphatic heterocycles. The Hall–Kier alpha value is 0.01000. The van der Waals surface area contributed by atoms with Crippen LogP contribution in [0.3, 0.4) is 0 Å². The van der Waals surface area contributed by atoms with Gasteiger partial charge in [0.25, 0.3) is 0 Å². The highest BCUT2D eigenvalue weighted by Gasteiger charge is 2.10. The Morgan fingerprint density at radius 1 is 1.54 bits per heavy atom. The van der Waals surface area contributed by atoms with Gasteiger partial charge in [-0.2, -0.15) is 0 Å². The second kappa shape index (κ2) is 5.03. The molecule has 0 N–H and O–H groups in total. The molecule has 13 heavy (non-hydrogen) atoms. The van der Waals surface area contributed by atoms with Gasteiger partial charge in [-0.05, 0) is 6.42 Å². The van der Waals surface area contributed by atoms with Gasteiger partial charge in [0.15, 0.2) is 5.13 Å². The molecule has 1 heterocycles. The molecule has 0 amide bonds. The summed E-state index contributed by atoms with van der Waals surface area (Å²) < 4.78 is 0. The van der Waals surface area contributed by atoms with Crippen molar-refractivity contribution < 1.29 is 0 Å². The Kier molecular flexibility index (Phi) is 4.29. The Morgan fingerprint density at radius 3 is 2.69 bits per heavy atom. The van der Waals surface area contributed by atoms with Crippen LogP contribution in [-0.4, -0.2) is 18.6 Å². The van der Waals surface area contributed by atoms with E-state index in [1.165, 1.54) is 0 Å². The van der Waals surface area contributed by atoms with Crippen molar-refractivity contribution in [3.63, 3.8) is 0 Å². The standard InChI is InChI=1S/C8H12Cl2N2S/c1-3-4-12(2)8-11-7(10)6(5-9)13-8/h3-5H2,1-2H3. The van der Waals surface area contributed by atoms with Gasteiger partial charge in [0.1, 0.15) is 5.15 Å². The monoisotopic (exact) mass is 238 g/mol. The Labute approximate surface area is 92.5 Å². The molecular weight excluding hydrogens is 227 g/mol. The lowest BCUT2D eigenvalue weighted by atomic mass is 10.5. The Bertz CT molecular complexity index is 275. The van der Waals surface area contributed by atoms with Crippen molar-refractivity contribution in [1.29, 1.82) is 0 Å². The second-order valence-electron chi connectivity index (χ2n) is 2.77. The fourth-order valence-corrected chi connectivity index (χ4v) is 2.46. The van der Waals surface area contributed by atoms with E-state index in [4.69, 9.17) is 23.2 Å². The minimum Gasteiger partial charge on any atom is -0.351 e. The SMILES string of the molecule is CCCN(C)c1nc(Cl)c(CCl)s1. The summed E-state index contributed by atoms with van der Waals surface area (Å²) in [4.78, 5) is 7.26. The smallest absolute Gasteiger partial charge is 0.186 e. The second-order valence-corrected chi connectivity index (χ2v) is 4.45. The molecule has 1 aromatic heterocycles. The summed E-state index contributed by atoms with van der Waals surface area (Å²) >= 11 is 13.1. The van der Waals surface area contributed by atoms with Crippen LogP contribution in [0.1, 0.15) is 18.2 Å². The third-order valence-electron chi connectivity index (χ3n) is 1.65. The van der Waals surface area contributed by atoms with E-state index in [1.807, 2.05) is 7.05 Å². The van der Waals surface area contributed by atoms with Crippen LogP contribution >= 0.6 is 34.5 Å². The minimum absolute atomic E-state index is 0.441. The van der Waals surface area contributed by atoms with E-state index in [0.717, 1.165) is 23.0 Å². The number of hydrogen-bond acceptors (Lipinski definition) is 3. The lowest BCUT2D eigenvalue weighted by molar-refractivity contribution is 0.848. The third-order valence-corrected chi connectivity index (χ3v) is 3.67. The van der Waals surface area contributed by atoms with Crippen molar-refractivity contribution >= 4 is 39.7 Å². The van der Waals surface area contributed by atoms with E-state index >= 15 is 0 Å². The number of hydrogen-bond donors (Lipinski definition) is 0. The van der Waals surface area contributed by atoms with Crippen LogP contribution in [-0.2, 0) is 5.88 Å². The van der Waals surface area contributed by atoms with E-state index < -0.39 is 0 Å². The molecule has 1 aromatic rings. The molecule has 0 radical (unpaired) electrons. The number of aromatic nitrogens is 1. The quantitative estimate of drug-likeness (QED) is 0.749. The van der Waals surface area contributed by atoms with Gasteiger partial charge >= 0.3 is 0 Å². The molecule has 0 saturated heterocycles. The zero-order valence-corrected chi connectivity index (χ0v) is 10.0. The maximum absolute atomic E-state index is 5.88. The molecule has 0 aliphatic rings. The molecule has 0 bridgehead atoms. The highest BCUT2D eigenvalue weighted by Crippen LogP contribution is 2.30. The number of halogens is 2. The van der Waals surface area contributed by atoms with Gasteiger partial charge in [-0.25, -0.2) is 4.98 Å². The van der Waals surface area contributed by atoms with E-state index in [1.54, 1.807) is 11.3 Å². The molecule has 0 unspecified atom stereocenters. The van der Waals surface area contributed by atoms with Crippen LogP contribution < -0.4 is 4.90 Å². The van der Waals surface area contributed by atoms with Gasteiger partial charge in [-0.1, -0.05) is 29.9 Å². The maximum atomic E-state index is 5.88. The fraction of sp³-hybridized carbons (Fsp3) is 0.625. The van der Waals surface area contributed by atoms with Crippen LogP contribution in [0, 0.1) is 0 Å². The number of thiazole rings is 1. The topological polar surface area (TPSA) is 16.1 Å². The summed E-state index contributed by atoms with van der Waals surface area (Å²) in [6.45, 7) is 3.12. The summed E-state index contributed by atoms with van der Waals surface area (Å²) in [6.07, 6.45) is 1.10. The minimum atomic E-state index is 0.441. The highest BCUT2D eigenvalue weighted by molar-refractivity contribution is 7.16. The first-order chi connectivity index (χ1) is 6.19. The predicted molar refractivity (Wildman–Crippen MR) is 60.2 cm³/mol. The molecular formula is C8H12Cl2N2S. The summed E-state index contributed by atoms with van der Waals surface area (Å²) in [6, 6.07) is 0. The average molecular weight is 239 g/mol. The molecule has 0 aromatic carbocycles. The van der Waals surface area contributed by atoms with Crippen molar-refractivity contribution in [2.75, 3.05) is 18.5 Å². The lowest BCUT2D eigenvalue weighted by Crippen LogP contribution is -2.17. The summed E-state index contributed by atoms with van der Waals surface area (Å²) in [5.41, 5.74) is 0. The van der Waals surface area contributed by atoms with Crippen molar-refractivity contribution in [2.45, 2.75) is 19.2 Å². The number of anilines is 1. The first-order valence-corrected chi connectivity index (χ1v) is 5.84. The molecule has 74 valence electrons. The number of alkyl halides is 1. The zero-order valence-electron chi connectivity index (χ0n) is 7.68. The van der Waals surface area contributed by atoms with E-state index in [9.17, 15) is 0 Å². The molecule has 0 fully saturated rings. The summed E-state index contributed by atoms with van der Waals surface area (Å²) in [5.74, 6) is 0.441. The molecule has 2 nitrogen and oxygen atoms in total. The molecule has 5 heteroatoms. The Balaban J connectivity index is 2.77. The molecule has 0 aliphatic carbocycles. The van der Waals surface area contributed by atoms with E-state index in [2.05, 4.69) is 16.8 Å². The van der Waals surface area contributed by atoms with Crippen molar-refractivity contribution in [2.24, 2.45) is 0 Å². The average Bonchev–Trinajstić information content (AvgIpc) is 2.47. The van der Waals surface area contributed by atoms with Gasteiger partial charge < -0.3 is 4.90 Å². The first kappa shape index (κ1) is 11.1. The Morgan fingerprint density at radius 2 is 2.23 bits per heavy atom. The van der Waals surface area contributed by atoms with Crippen LogP contribution in [0.25, 0.3) is 0 Å². The summed E-state index contributed by atoms with van der Waals surface area (Å²) in [7, 11) is 2.01. The van der Waals surface area contributed by atoms with Crippen molar-refractivity contribution in [3.8, 4) is 0 Å².